The molecule has 0 spiro atoms. The highest BCUT2D eigenvalue weighted by molar-refractivity contribution is 5.89. The zero-order valence-electron chi connectivity index (χ0n) is 14.4. The van der Waals surface area contributed by atoms with Crippen LogP contribution >= 0.6 is 0 Å². The topological polar surface area (TPSA) is 77.5 Å². The van der Waals surface area contributed by atoms with Gasteiger partial charge in [0.1, 0.15) is 18.2 Å². The minimum Gasteiger partial charge on any atom is -0.457 e. The molecule has 2 fully saturated rings. The van der Waals surface area contributed by atoms with Crippen LogP contribution in [-0.4, -0.2) is 54.1 Å². The molecular formula is C18H25NO6. The van der Waals surface area contributed by atoms with E-state index in [-0.39, 0.29) is 24.7 Å². The Bertz CT molecular complexity index is 554. The van der Waals surface area contributed by atoms with Crippen molar-refractivity contribution in [3.63, 3.8) is 0 Å². The van der Waals surface area contributed by atoms with Crippen molar-refractivity contribution in [1.82, 2.24) is 5.23 Å². The molecule has 2 heterocycles. The summed E-state index contributed by atoms with van der Waals surface area (Å²) in [6, 6.07) is 8.62. The second kappa shape index (κ2) is 8.73. The summed E-state index contributed by atoms with van der Waals surface area (Å²) in [5.41, 5.74) is 0.501. The lowest BCUT2D eigenvalue weighted by Crippen LogP contribution is -2.50. The van der Waals surface area contributed by atoms with E-state index in [2.05, 4.69) is 6.92 Å². The van der Waals surface area contributed by atoms with Crippen LogP contribution in [0.3, 0.4) is 0 Å². The lowest BCUT2D eigenvalue weighted by atomic mass is 10.0. The number of carbonyl (C=O) groups is 1. The molecule has 3 rings (SSSR count). The minimum absolute atomic E-state index is 0.114. The summed E-state index contributed by atoms with van der Waals surface area (Å²) in [6.07, 6.45) is 1.60. The molecule has 1 aromatic rings. The third-order valence-corrected chi connectivity index (χ3v) is 4.38. The smallest absolute Gasteiger partial charge is 0.338 e. The summed E-state index contributed by atoms with van der Waals surface area (Å²) in [7, 11) is 0. The van der Waals surface area contributed by atoms with E-state index in [1.54, 1.807) is 24.3 Å². The van der Waals surface area contributed by atoms with Crippen molar-refractivity contribution in [2.45, 2.75) is 57.1 Å². The Morgan fingerprint density at radius 2 is 2.08 bits per heavy atom. The van der Waals surface area contributed by atoms with E-state index in [9.17, 15) is 9.90 Å². The monoisotopic (exact) mass is 351 g/mol. The van der Waals surface area contributed by atoms with E-state index >= 15 is 0 Å². The number of hydrogen-bond acceptors (Lipinski definition) is 7. The van der Waals surface area contributed by atoms with E-state index in [1.807, 2.05) is 6.07 Å². The van der Waals surface area contributed by atoms with E-state index in [1.165, 1.54) is 5.23 Å². The standard InChI is InChI=1S/C18H25NO6/c1-2-3-9-22-17-11-16(15-10-14(12-20)24-19(15)25-17)23-18(21)13-7-5-4-6-8-13/h4-8,14-17,20H,2-3,9-12H2,1H3/t14-,15-,16+,17+/m0/s1. The molecule has 2 aliphatic heterocycles. The van der Waals surface area contributed by atoms with Gasteiger partial charge in [0.05, 0.1) is 12.2 Å². The van der Waals surface area contributed by atoms with Gasteiger partial charge in [-0.3, -0.25) is 4.84 Å². The summed E-state index contributed by atoms with van der Waals surface area (Å²) in [4.78, 5) is 23.7. The Labute approximate surface area is 147 Å². The molecule has 2 saturated heterocycles. The molecule has 4 atom stereocenters. The normalized spacial score (nSPS) is 29.4. The molecule has 25 heavy (non-hydrogen) atoms. The maximum Gasteiger partial charge on any atom is 0.338 e. The predicted octanol–water partition coefficient (Wildman–Crippen LogP) is 2.06. The number of hydrogen-bond donors (Lipinski definition) is 1. The van der Waals surface area contributed by atoms with Crippen molar-refractivity contribution in [3.05, 3.63) is 35.9 Å². The number of benzene rings is 1. The number of nitrogens with zero attached hydrogens (tertiary/aromatic N) is 1. The number of hydroxylamine groups is 2. The van der Waals surface area contributed by atoms with Crippen molar-refractivity contribution in [2.24, 2.45) is 0 Å². The van der Waals surface area contributed by atoms with Crippen LogP contribution < -0.4 is 0 Å². The molecule has 7 heteroatoms. The van der Waals surface area contributed by atoms with Gasteiger partial charge in [-0.1, -0.05) is 36.8 Å². The van der Waals surface area contributed by atoms with Gasteiger partial charge in [-0.25, -0.2) is 9.63 Å². The number of rotatable bonds is 7. The minimum atomic E-state index is -0.534. The number of aliphatic hydroxyl groups excluding tert-OH is 1. The van der Waals surface area contributed by atoms with Gasteiger partial charge < -0.3 is 14.6 Å². The third-order valence-electron chi connectivity index (χ3n) is 4.38. The summed E-state index contributed by atoms with van der Waals surface area (Å²) in [6.45, 7) is 2.54. The van der Waals surface area contributed by atoms with Crippen molar-refractivity contribution < 1.29 is 29.0 Å². The van der Waals surface area contributed by atoms with Crippen LogP contribution in [0.25, 0.3) is 0 Å². The Morgan fingerprint density at radius 1 is 1.28 bits per heavy atom. The number of ether oxygens (including phenoxy) is 2. The van der Waals surface area contributed by atoms with Crippen molar-refractivity contribution in [3.8, 4) is 0 Å². The van der Waals surface area contributed by atoms with Gasteiger partial charge in [0.2, 0.25) is 0 Å². The van der Waals surface area contributed by atoms with Crippen molar-refractivity contribution >= 4 is 5.97 Å². The maximum absolute atomic E-state index is 12.4. The van der Waals surface area contributed by atoms with E-state index in [0.717, 1.165) is 12.8 Å². The molecule has 0 aliphatic carbocycles. The van der Waals surface area contributed by atoms with Gasteiger partial charge in [0.15, 0.2) is 6.29 Å². The Balaban J connectivity index is 1.66. The van der Waals surface area contributed by atoms with Crippen LogP contribution in [0.1, 0.15) is 43.0 Å². The van der Waals surface area contributed by atoms with Gasteiger partial charge in [-0.15, -0.1) is 0 Å². The highest BCUT2D eigenvalue weighted by Gasteiger charge is 2.47. The third kappa shape index (κ3) is 4.56. The first kappa shape index (κ1) is 18.3. The molecule has 0 saturated carbocycles. The molecule has 0 bridgehead atoms. The largest absolute Gasteiger partial charge is 0.457 e. The average Bonchev–Trinajstić information content (AvgIpc) is 3.06. The fraction of sp³-hybridized carbons (Fsp3) is 0.611. The van der Waals surface area contributed by atoms with Crippen molar-refractivity contribution in [1.29, 1.82) is 0 Å². The molecule has 1 N–H and O–H groups in total. The highest BCUT2D eigenvalue weighted by atomic mass is 17.0. The molecule has 0 unspecified atom stereocenters. The van der Waals surface area contributed by atoms with Crippen LogP contribution in [-0.2, 0) is 19.1 Å². The van der Waals surface area contributed by atoms with Gasteiger partial charge in [-0.05, 0) is 18.6 Å². The zero-order valence-corrected chi connectivity index (χ0v) is 14.4. The van der Waals surface area contributed by atoms with Crippen LogP contribution in [0.15, 0.2) is 30.3 Å². The Kier molecular flexibility index (Phi) is 6.39. The molecule has 2 aliphatic rings. The van der Waals surface area contributed by atoms with Gasteiger partial charge in [0.25, 0.3) is 0 Å². The second-order valence-corrected chi connectivity index (χ2v) is 6.30. The SMILES string of the molecule is CCCCO[C@H]1C[C@@H](OC(=O)c2ccccc2)[C@@H]2C[C@@H](CO)ON2O1. The second-order valence-electron chi connectivity index (χ2n) is 6.30. The summed E-state index contributed by atoms with van der Waals surface area (Å²) in [5, 5.41) is 10.7. The predicted molar refractivity (Wildman–Crippen MR) is 88.2 cm³/mol. The van der Waals surface area contributed by atoms with Crippen LogP contribution in [0.2, 0.25) is 0 Å². The van der Waals surface area contributed by atoms with E-state index in [0.29, 0.717) is 25.0 Å². The first-order valence-corrected chi connectivity index (χ1v) is 8.82. The van der Waals surface area contributed by atoms with Crippen molar-refractivity contribution in [2.75, 3.05) is 13.2 Å². The summed E-state index contributed by atoms with van der Waals surface area (Å²) >= 11 is 0. The highest BCUT2D eigenvalue weighted by Crippen LogP contribution is 2.33. The molecule has 0 amide bonds. The first-order chi connectivity index (χ1) is 12.2. The van der Waals surface area contributed by atoms with Crippen LogP contribution in [0.5, 0.6) is 0 Å². The number of fused-ring (bicyclic) bond motifs is 1. The fourth-order valence-corrected chi connectivity index (χ4v) is 2.99. The molecule has 0 aromatic heterocycles. The number of carbonyl (C=O) groups excluding carboxylic acids is 1. The lowest BCUT2D eigenvalue weighted by molar-refractivity contribution is -0.445. The lowest BCUT2D eigenvalue weighted by Gasteiger charge is -2.37. The number of unbranched alkanes of at least 4 members (excludes halogenated alkanes) is 1. The van der Waals surface area contributed by atoms with Gasteiger partial charge >= 0.3 is 5.97 Å². The molecular weight excluding hydrogens is 326 g/mol. The number of aliphatic hydroxyl groups is 1. The molecule has 0 radical (unpaired) electrons. The van der Waals surface area contributed by atoms with Crippen LogP contribution in [0, 0.1) is 0 Å². The Hall–Kier alpha value is -1.51. The molecule has 7 nitrogen and oxygen atoms in total. The fourth-order valence-electron chi connectivity index (χ4n) is 2.99. The summed E-state index contributed by atoms with van der Waals surface area (Å²) < 4.78 is 11.4. The zero-order chi connectivity index (χ0) is 17.6. The van der Waals surface area contributed by atoms with E-state index in [4.69, 9.17) is 19.1 Å². The summed E-state index contributed by atoms with van der Waals surface area (Å²) in [5.74, 6) is -0.382. The van der Waals surface area contributed by atoms with Gasteiger partial charge in [-0.2, -0.15) is 0 Å². The van der Waals surface area contributed by atoms with E-state index < -0.39 is 12.4 Å². The average molecular weight is 351 g/mol. The maximum atomic E-state index is 12.4. The first-order valence-electron chi connectivity index (χ1n) is 8.82. The quantitative estimate of drug-likeness (QED) is 0.595. The molecule has 138 valence electrons. The molecule has 1 aromatic carbocycles. The Morgan fingerprint density at radius 3 is 2.80 bits per heavy atom. The van der Waals surface area contributed by atoms with Crippen LogP contribution in [0.4, 0.5) is 0 Å². The number of esters is 1. The van der Waals surface area contributed by atoms with Gasteiger partial charge in [0, 0.05) is 19.4 Å².